The lowest BCUT2D eigenvalue weighted by molar-refractivity contribution is 0.451. The Morgan fingerprint density at radius 2 is 1.62 bits per heavy atom. The van der Waals surface area contributed by atoms with Crippen molar-refractivity contribution < 1.29 is 15.3 Å². The van der Waals surface area contributed by atoms with Gasteiger partial charge in [-0.1, -0.05) is 0 Å². The first-order chi connectivity index (χ1) is 10.1. The van der Waals surface area contributed by atoms with Crippen molar-refractivity contribution in [1.82, 2.24) is 14.8 Å². The third kappa shape index (κ3) is 2.34. The van der Waals surface area contributed by atoms with Crippen LogP contribution in [0.2, 0.25) is 0 Å². The summed E-state index contributed by atoms with van der Waals surface area (Å²) in [7, 11) is 0. The van der Waals surface area contributed by atoms with E-state index in [-0.39, 0.29) is 17.2 Å². The van der Waals surface area contributed by atoms with Crippen LogP contribution in [0.15, 0.2) is 42.5 Å². The Hall–Kier alpha value is -2.80. The van der Waals surface area contributed by atoms with E-state index < -0.39 is 0 Å². The molecular weight excluding hydrogens is 290 g/mol. The van der Waals surface area contributed by atoms with E-state index in [0.29, 0.717) is 21.8 Å². The zero-order valence-corrected chi connectivity index (χ0v) is 11.5. The third-order valence-electron chi connectivity index (χ3n) is 3.00. The van der Waals surface area contributed by atoms with Gasteiger partial charge in [-0.2, -0.15) is 5.10 Å². The topological polar surface area (TPSA) is 94.3 Å². The highest BCUT2D eigenvalue weighted by Crippen LogP contribution is 2.32. The van der Waals surface area contributed by atoms with Gasteiger partial charge in [-0.25, -0.2) is 0 Å². The third-order valence-corrected chi connectivity index (χ3v) is 3.28. The van der Waals surface area contributed by atoms with Gasteiger partial charge in [0.1, 0.15) is 17.2 Å². The van der Waals surface area contributed by atoms with Crippen molar-refractivity contribution in [3.05, 3.63) is 47.2 Å². The van der Waals surface area contributed by atoms with E-state index in [1.807, 2.05) is 0 Å². The smallest absolute Gasteiger partial charge is 0.200 e. The van der Waals surface area contributed by atoms with E-state index in [0.717, 1.165) is 0 Å². The second-order valence-corrected chi connectivity index (χ2v) is 4.79. The van der Waals surface area contributed by atoms with Crippen molar-refractivity contribution in [2.75, 3.05) is 0 Å². The molecule has 0 aliphatic carbocycles. The molecule has 6 nitrogen and oxygen atoms in total. The fourth-order valence-electron chi connectivity index (χ4n) is 2.03. The summed E-state index contributed by atoms with van der Waals surface area (Å²) < 4.78 is 1.98. The van der Waals surface area contributed by atoms with Gasteiger partial charge in [0, 0.05) is 6.07 Å². The molecule has 0 atom stereocenters. The number of benzene rings is 2. The van der Waals surface area contributed by atoms with Gasteiger partial charge in [-0.05, 0) is 48.6 Å². The minimum absolute atomic E-state index is 0.0402. The van der Waals surface area contributed by atoms with Crippen LogP contribution in [0.5, 0.6) is 17.2 Å². The predicted octanol–water partition coefficient (Wildman–Crippen LogP) is 2.71. The molecule has 106 valence electrons. The largest absolute Gasteiger partial charge is 0.508 e. The predicted molar refractivity (Wildman–Crippen MR) is 79.2 cm³/mol. The Bertz CT molecular complexity index is 853. The quantitative estimate of drug-likeness (QED) is 0.546. The minimum Gasteiger partial charge on any atom is -0.508 e. The number of aromatic nitrogens is 3. The molecule has 0 bridgehead atoms. The summed E-state index contributed by atoms with van der Waals surface area (Å²) in [5.41, 5.74) is 1.11. The average molecular weight is 301 g/mol. The number of H-pyrrole nitrogens is 1. The number of hydrogen-bond donors (Lipinski definition) is 4. The summed E-state index contributed by atoms with van der Waals surface area (Å²) in [5, 5.41) is 35.5. The fourth-order valence-corrected chi connectivity index (χ4v) is 2.27. The minimum atomic E-state index is -0.107. The van der Waals surface area contributed by atoms with Crippen LogP contribution in [-0.2, 0) is 0 Å². The highest BCUT2D eigenvalue weighted by Gasteiger charge is 2.14. The van der Waals surface area contributed by atoms with E-state index in [2.05, 4.69) is 10.2 Å². The van der Waals surface area contributed by atoms with Crippen molar-refractivity contribution in [2.45, 2.75) is 0 Å². The lowest BCUT2D eigenvalue weighted by Gasteiger charge is -2.08. The first-order valence-electron chi connectivity index (χ1n) is 6.05. The number of rotatable bonds is 2. The normalized spacial score (nSPS) is 10.7. The van der Waals surface area contributed by atoms with Crippen LogP contribution in [-0.4, -0.2) is 30.1 Å². The number of aromatic hydroxyl groups is 3. The van der Waals surface area contributed by atoms with Crippen LogP contribution in [0.3, 0.4) is 0 Å². The van der Waals surface area contributed by atoms with Crippen LogP contribution in [0.25, 0.3) is 17.1 Å². The molecule has 0 unspecified atom stereocenters. The Morgan fingerprint density at radius 1 is 0.952 bits per heavy atom. The maximum absolute atomic E-state index is 9.97. The molecule has 0 saturated carbocycles. The molecule has 0 saturated heterocycles. The lowest BCUT2D eigenvalue weighted by Crippen LogP contribution is -1.97. The summed E-state index contributed by atoms with van der Waals surface area (Å²) in [5.74, 6) is 0.400. The molecule has 4 N–H and O–H groups in total. The second-order valence-electron chi connectivity index (χ2n) is 4.41. The van der Waals surface area contributed by atoms with Crippen molar-refractivity contribution in [2.24, 2.45) is 0 Å². The molecule has 21 heavy (non-hydrogen) atoms. The number of phenols is 3. The van der Waals surface area contributed by atoms with Crippen LogP contribution >= 0.6 is 12.2 Å². The summed E-state index contributed by atoms with van der Waals surface area (Å²) in [4.78, 5) is 0. The van der Waals surface area contributed by atoms with Gasteiger partial charge in [0.2, 0.25) is 0 Å². The molecule has 2 aromatic carbocycles. The van der Waals surface area contributed by atoms with Gasteiger partial charge >= 0.3 is 0 Å². The maximum atomic E-state index is 9.97. The van der Waals surface area contributed by atoms with E-state index in [4.69, 9.17) is 12.2 Å². The Labute approximate surface area is 124 Å². The highest BCUT2D eigenvalue weighted by atomic mass is 32.1. The molecule has 7 heteroatoms. The van der Waals surface area contributed by atoms with Gasteiger partial charge in [-0.3, -0.25) is 9.67 Å². The molecular formula is C14H11N3O3S. The zero-order valence-electron chi connectivity index (χ0n) is 10.7. The molecule has 0 amide bonds. The first-order valence-corrected chi connectivity index (χ1v) is 6.46. The Kier molecular flexibility index (Phi) is 3.11. The van der Waals surface area contributed by atoms with Gasteiger partial charge in [-0.15, -0.1) is 0 Å². The standard InChI is InChI=1S/C14H11N3O3S/c18-9-3-1-8(2-4-9)17-13(15-16-14(17)21)11-6-5-10(19)7-12(11)20/h1-7,18-20H,(H,16,21). The maximum Gasteiger partial charge on any atom is 0.200 e. The zero-order chi connectivity index (χ0) is 15.0. The van der Waals surface area contributed by atoms with Crippen LogP contribution in [0, 0.1) is 4.77 Å². The summed E-state index contributed by atoms with van der Waals surface area (Å²) in [6.07, 6.45) is 0. The summed E-state index contributed by atoms with van der Waals surface area (Å²) >= 11 is 5.21. The lowest BCUT2D eigenvalue weighted by atomic mass is 10.1. The molecule has 0 aliphatic rings. The van der Waals surface area contributed by atoms with E-state index in [1.54, 1.807) is 22.8 Å². The second kappa shape index (κ2) is 4.95. The molecule has 1 aromatic heterocycles. The van der Waals surface area contributed by atoms with Gasteiger partial charge in [0.05, 0.1) is 11.3 Å². The molecule has 0 radical (unpaired) electrons. The monoisotopic (exact) mass is 301 g/mol. The molecule has 0 spiro atoms. The van der Waals surface area contributed by atoms with E-state index >= 15 is 0 Å². The summed E-state index contributed by atoms with van der Waals surface area (Å²) in [6.45, 7) is 0. The number of nitrogens with one attached hydrogen (secondary N) is 1. The molecule has 3 rings (SSSR count). The van der Waals surface area contributed by atoms with Gasteiger partial charge < -0.3 is 15.3 Å². The number of nitrogens with zero attached hydrogens (tertiary/aromatic N) is 2. The molecule has 0 aliphatic heterocycles. The fraction of sp³-hybridized carbons (Fsp3) is 0. The number of aromatic amines is 1. The molecule has 1 heterocycles. The van der Waals surface area contributed by atoms with Crippen molar-refractivity contribution >= 4 is 12.2 Å². The molecule has 3 aromatic rings. The average Bonchev–Trinajstić information content (AvgIpc) is 2.82. The highest BCUT2D eigenvalue weighted by molar-refractivity contribution is 7.71. The Balaban J connectivity index is 2.21. The van der Waals surface area contributed by atoms with Gasteiger partial charge in [0.25, 0.3) is 0 Å². The van der Waals surface area contributed by atoms with Crippen molar-refractivity contribution in [3.8, 4) is 34.3 Å². The number of phenolic OH excluding ortho intramolecular Hbond substituents is 3. The van der Waals surface area contributed by atoms with Crippen LogP contribution < -0.4 is 0 Å². The summed E-state index contributed by atoms with van der Waals surface area (Å²) in [6, 6.07) is 10.7. The van der Waals surface area contributed by atoms with Crippen molar-refractivity contribution in [1.29, 1.82) is 0 Å². The van der Waals surface area contributed by atoms with Crippen LogP contribution in [0.4, 0.5) is 0 Å². The molecule has 0 fully saturated rings. The Morgan fingerprint density at radius 3 is 2.29 bits per heavy atom. The number of hydrogen-bond acceptors (Lipinski definition) is 5. The van der Waals surface area contributed by atoms with E-state index in [1.165, 1.54) is 24.3 Å². The van der Waals surface area contributed by atoms with E-state index in [9.17, 15) is 15.3 Å². The SMILES string of the molecule is Oc1ccc(-n2c(-c3ccc(O)cc3O)n[nH]c2=S)cc1. The van der Waals surface area contributed by atoms with Crippen LogP contribution in [0.1, 0.15) is 0 Å². The van der Waals surface area contributed by atoms with Gasteiger partial charge in [0.15, 0.2) is 10.6 Å². The van der Waals surface area contributed by atoms with Crippen molar-refractivity contribution in [3.63, 3.8) is 0 Å². The first kappa shape index (κ1) is 13.2.